The Labute approximate surface area is 585 Å². The van der Waals surface area contributed by atoms with Crippen molar-refractivity contribution in [1.29, 1.82) is 0 Å². The van der Waals surface area contributed by atoms with Crippen molar-refractivity contribution in [3.05, 3.63) is 398 Å². The second-order valence-corrected chi connectivity index (χ2v) is 26.6. The fourth-order valence-electron chi connectivity index (χ4n) is 16.4. The molecule has 20 rings (SSSR count). The molecule has 1 spiro atoms. The Kier molecular flexibility index (Phi) is 13.5. The summed E-state index contributed by atoms with van der Waals surface area (Å²) in [5.41, 5.74) is 33.4. The van der Waals surface area contributed by atoms with Crippen LogP contribution in [0.15, 0.2) is 385 Å². The Hall–Kier alpha value is -13.3. The standard InChI is InChI=1S/C97H62N2O2/c1-3-18-63(19-4-1)65-36-47-73(48-37-65)98(74-53-42-68(43-54-74)79-28-16-30-87-85-27-10-14-35-93(85)100-95(79)87)75-55-44-69(45-56-75)80-29-17-31-88-86-58-46-72(61-94(86)101-96(80)88)71-23-15-22-70(60-71)67-40-51-77(52-41-67)99(76-49-38-66(39-50-76)64-20-5-2-6-21-64)78-57-59-84-83-26-9-13-34-91(83)97(92(84)62-78)89-32-11-7-24-81(89)82-25-8-12-33-90(82)97/h1-62H. The number of fused-ring (bicyclic) bond motifs is 16. The predicted molar refractivity (Wildman–Crippen MR) is 419 cm³/mol. The highest BCUT2D eigenvalue weighted by Gasteiger charge is 2.51. The van der Waals surface area contributed by atoms with Crippen molar-refractivity contribution in [3.63, 3.8) is 0 Å². The molecule has 0 bridgehead atoms. The van der Waals surface area contributed by atoms with Gasteiger partial charge in [-0.3, -0.25) is 0 Å². The molecule has 2 aliphatic carbocycles. The van der Waals surface area contributed by atoms with E-state index in [9.17, 15) is 0 Å². The average molecular weight is 1290 g/mol. The molecule has 0 N–H and O–H groups in total. The fraction of sp³-hybridized carbons (Fsp3) is 0.0103. The molecule has 0 unspecified atom stereocenters. The van der Waals surface area contributed by atoms with E-state index in [0.29, 0.717) is 0 Å². The van der Waals surface area contributed by atoms with Crippen LogP contribution in [0.3, 0.4) is 0 Å². The molecule has 16 aromatic carbocycles. The van der Waals surface area contributed by atoms with Gasteiger partial charge >= 0.3 is 0 Å². The second-order valence-electron chi connectivity index (χ2n) is 26.6. The van der Waals surface area contributed by atoms with Crippen LogP contribution in [0.1, 0.15) is 22.3 Å². The van der Waals surface area contributed by atoms with E-state index in [1.54, 1.807) is 0 Å². The van der Waals surface area contributed by atoms with Crippen molar-refractivity contribution in [2.45, 2.75) is 5.41 Å². The summed E-state index contributed by atoms with van der Waals surface area (Å²) in [6, 6.07) is 137. The molecular weight excluding hydrogens is 1230 g/mol. The van der Waals surface area contributed by atoms with Crippen molar-refractivity contribution < 1.29 is 8.83 Å². The van der Waals surface area contributed by atoms with Crippen LogP contribution in [-0.2, 0) is 5.41 Å². The maximum atomic E-state index is 6.99. The Morgan fingerprint density at radius 3 is 1.00 bits per heavy atom. The van der Waals surface area contributed by atoms with Gasteiger partial charge in [0.15, 0.2) is 0 Å². The van der Waals surface area contributed by atoms with Crippen LogP contribution >= 0.6 is 0 Å². The summed E-state index contributed by atoms with van der Waals surface area (Å²) in [5, 5.41) is 4.41. The molecule has 0 atom stereocenters. The largest absolute Gasteiger partial charge is 0.455 e. The Morgan fingerprint density at radius 2 is 0.495 bits per heavy atom. The van der Waals surface area contributed by atoms with Crippen molar-refractivity contribution >= 4 is 78.0 Å². The summed E-state index contributed by atoms with van der Waals surface area (Å²) in [6.45, 7) is 0. The van der Waals surface area contributed by atoms with Gasteiger partial charge < -0.3 is 18.6 Å². The number of furan rings is 2. The van der Waals surface area contributed by atoms with Gasteiger partial charge in [0.05, 0.1) is 5.41 Å². The molecule has 0 radical (unpaired) electrons. The highest BCUT2D eigenvalue weighted by atomic mass is 16.3. The zero-order valence-electron chi connectivity index (χ0n) is 55.0. The van der Waals surface area contributed by atoms with Gasteiger partial charge in [-0.15, -0.1) is 0 Å². The summed E-state index contributed by atoms with van der Waals surface area (Å²) in [5.74, 6) is 0. The van der Waals surface area contributed by atoms with Gasteiger partial charge in [-0.25, -0.2) is 0 Å². The lowest BCUT2D eigenvalue weighted by molar-refractivity contribution is 0.669. The normalized spacial score (nSPS) is 12.4. The van der Waals surface area contributed by atoms with E-state index in [1.165, 1.54) is 66.8 Å². The zero-order valence-corrected chi connectivity index (χ0v) is 55.0. The molecule has 2 aliphatic rings. The Bertz CT molecular complexity index is 6160. The molecule has 2 aromatic heterocycles. The second kappa shape index (κ2) is 23.5. The summed E-state index contributed by atoms with van der Waals surface area (Å²) in [4.78, 5) is 4.76. The van der Waals surface area contributed by atoms with Crippen LogP contribution in [0.4, 0.5) is 34.1 Å². The van der Waals surface area contributed by atoms with Crippen LogP contribution in [0.25, 0.3) is 133 Å². The van der Waals surface area contributed by atoms with Crippen LogP contribution in [0.2, 0.25) is 0 Å². The van der Waals surface area contributed by atoms with Crippen molar-refractivity contribution in [3.8, 4) is 89.0 Å². The quantitative estimate of drug-likeness (QED) is 0.122. The molecule has 0 fully saturated rings. The lowest BCUT2D eigenvalue weighted by Crippen LogP contribution is -2.26. The third kappa shape index (κ3) is 9.44. The minimum atomic E-state index is -0.465. The average Bonchev–Trinajstić information content (AvgIpc) is 1.51. The monoisotopic (exact) mass is 1290 g/mol. The fourth-order valence-corrected chi connectivity index (χ4v) is 16.4. The SMILES string of the molecule is c1ccc(-c2ccc(N(c3ccc(-c4cccc5c4oc4ccccc45)cc3)c3ccc(-c4cccc5c4oc4cc(-c6cccc(-c7ccc(N(c8ccc(-c9ccccc9)cc8)c8ccc9c(c8)C8(c%10ccccc%10-c%10ccccc%108)c8ccccc8-9)cc7)c6)ccc45)cc3)cc2)cc1. The van der Waals surface area contributed by atoms with E-state index in [0.717, 1.165) is 123 Å². The molecule has 472 valence electrons. The molecular formula is C97H62N2O2. The first-order valence-corrected chi connectivity index (χ1v) is 34.7. The predicted octanol–water partition coefficient (Wildman–Crippen LogP) is 26.8. The smallest absolute Gasteiger partial charge is 0.143 e. The van der Waals surface area contributed by atoms with Gasteiger partial charge in [0.1, 0.15) is 22.3 Å². The van der Waals surface area contributed by atoms with E-state index in [2.05, 4.69) is 374 Å². The van der Waals surface area contributed by atoms with E-state index < -0.39 is 5.41 Å². The minimum absolute atomic E-state index is 0.465. The molecule has 0 amide bonds. The van der Waals surface area contributed by atoms with Crippen molar-refractivity contribution in [2.75, 3.05) is 9.80 Å². The van der Waals surface area contributed by atoms with Gasteiger partial charge in [-0.1, -0.05) is 279 Å². The number of anilines is 6. The maximum absolute atomic E-state index is 6.99. The number of hydrogen-bond acceptors (Lipinski definition) is 4. The molecule has 4 heteroatoms. The van der Waals surface area contributed by atoms with Gasteiger partial charge in [0.2, 0.25) is 0 Å². The Balaban J connectivity index is 0.617. The molecule has 2 heterocycles. The van der Waals surface area contributed by atoms with E-state index in [1.807, 2.05) is 12.1 Å². The number of hydrogen-bond donors (Lipinski definition) is 0. The molecule has 0 saturated carbocycles. The first kappa shape index (κ1) is 57.9. The van der Waals surface area contributed by atoms with E-state index in [4.69, 9.17) is 8.83 Å². The molecule has 101 heavy (non-hydrogen) atoms. The number of para-hydroxylation sites is 3. The van der Waals surface area contributed by atoms with Crippen molar-refractivity contribution in [1.82, 2.24) is 0 Å². The summed E-state index contributed by atoms with van der Waals surface area (Å²) >= 11 is 0. The Morgan fingerprint density at radius 1 is 0.178 bits per heavy atom. The first-order chi connectivity index (χ1) is 50.1. The topological polar surface area (TPSA) is 32.8 Å². The van der Waals surface area contributed by atoms with Gasteiger partial charge in [-0.2, -0.15) is 0 Å². The lowest BCUT2D eigenvalue weighted by atomic mass is 9.70. The number of benzene rings is 16. The molecule has 18 aromatic rings. The minimum Gasteiger partial charge on any atom is -0.455 e. The van der Waals surface area contributed by atoms with Crippen LogP contribution in [-0.4, -0.2) is 0 Å². The van der Waals surface area contributed by atoms with Gasteiger partial charge in [0.25, 0.3) is 0 Å². The number of rotatable bonds is 12. The van der Waals surface area contributed by atoms with Crippen LogP contribution in [0.5, 0.6) is 0 Å². The van der Waals surface area contributed by atoms with E-state index >= 15 is 0 Å². The third-order valence-electron chi connectivity index (χ3n) is 21.1. The van der Waals surface area contributed by atoms with E-state index in [-0.39, 0.29) is 0 Å². The third-order valence-corrected chi connectivity index (χ3v) is 21.1. The molecule has 0 saturated heterocycles. The van der Waals surface area contributed by atoms with Crippen LogP contribution in [0, 0.1) is 0 Å². The maximum Gasteiger partial charge on any atom is 0.143 e. The molecule has 0 aliphatic heterocycles. The number of nitrogens with zero attached hydrogens (tertiary/aromatic N) is 2. The summed E-state index contributed by atoms with van der Waals surface area (Å²) < 4.78 is 13.5. The highest BCUT2D eigenvalue weighted by molar-refractivity contribution is 6.11. The first-order valence-electron chi connectivity index (χ1n) is 34.7. The summed E-state index contributed by atoms with van der Waals surface area (Å²) in [7, 11) is 0. The molecule has 4 nitrogen and oxygen atoms in total. The lowest BCUT2D eigenvalue weighted by Gasteiger charge is -2.32. The highest BCUT2D eigenvalue weighted by Crippen LogP contribution is 2.63. The summed E-state index contributed by atoms with van der Waals surface area (Å²) in [6.07, 6.45) is 0. The van der Waals surface area contributed by atoms with Gasteiger partial charge in [-0.05, 0) is 197 Å². The zero-order chi connectivity index (χ0) is 66.5. The van der Waals surface area contributed by atoms with Crippen LogP contribution < -0.4 is 9.80 Å². The van der Waals surface area contributed by atoms with Gasteiger partial charge in [0, 0.05) is 66.8 Å². The van der Waals surface area contributed by atoms with Crippen molar-refractivity contribution in [2.24, 2.45) is 0 Å².